The number of amides is 1. The zero-order valence-corrected chi connectivity index (χ0v) is 10.9. The smallest absolute Gasteiger partial charge is 0.264 e. The highest BCUT2D eigenvalue weighted by molar-refractivity contribution is 7.86. The zero-order chi connectivity index (χ0) is 12.5. The molecule has 0 spiro atoms. The lowest BCUT2D eigenvalue weighted by Crippen LogP contribution is -2.34. The third kappa shape index (κ3) is 3.42. The molecular formula is C11H19NO4S. The van der Waals surface area contributed by atoms with E-state index in [9.17, 15) is 13.2 Å². The summed E-state index contributed by atoms with van der Waals surface area (Å²) in [6.45, 7) is 1.04. The largest absolute Gasteiger partial charge is 0.340 e. The van der Waals surface area contributed by atoms with Gasteiger partial charge in [0.25, 0.3) is 10.1 Å². The van der Waals surface area contributed by atoms with E-state index in [0.29, 0.717) is 19.5 Å². The Balaban J connectivity index is 1.87. The summed E-state index contributed by atoms with van der Waals surface area (Å²) in [6, 6.07) is 0. The number of hydrogen-bond acceptors (Lipinski definition) is 4. The molecule has 1 heterocycles. The first-order valence-corrected chi connectivity index (χ1v) is 7.94. The van der Waals surface area contributed by atoms with Gasteiger partial charge in [-0.2, -0.15) is 8.42 Å². The highest BCUT2D eigenvalue weighted by Crippen LogP contribution is 2.28. The van der Waals surface area contributed by atoms with Gasteiger partial charge in [-0.25, -0.2) is 0 Å². The van der Waals surface area contributed by atoms with Crippen LogP contribution >= 0.6 is 0 Å². The molecule has 98 valence electrons. The molecule has 17 heavy (non-hydrogen) atoms. The molecule has 1 aliphatic heterocycles. The molecule has 5 nitrogen and oxygen atoms in total. The fourth-order valence-electron chi connectivity index (χ4n) is 2.69. The van der Waals surface area contributed by atoms with E-state index in [1.165, 1.54) is 0 Å². The van der Waals surface area contributed by atoms with Crippen molar-refractivity contribution >= 4 is 16.0 Å². The maximum absolute atomic E-state index is 12.1. The van der Waals surface area contributed by atoms with Gasteiger partial charge in [0.1, 0.15) is 0 Å². The molecular weight excluding hydrogens is 242 g/mol. The molecule has 0 aromatic heterocycles. The van der Waals surface area contributed by atoms with E-state index in [2.05, 4.69) is 0 Å². The van der Waals surface area contributed by atoms with Crippen molar-refractivity contribution in [1.82, 2.24) is 4.90 Å². The van der Waals surface area contributed by atoms with Gasteiger partial charge in [0.15, 0.2) is 0 Å². The molecule has 0 aromatic carbocycles. The summed E-state index contributed by atoms with van der Waals surface area (Å²) in [5.41, 5.74) is 0. The van der Waals surface area contributed by atoms with E-state index in [1.54, 1.807) is 4.90 Å². The number of carbonyl (C=O) groups excluding carboxylic acids is 1. The van der Waals surface area contributed by atoms with E-state index in [4.69, 9.17) is 4.18 Å². The average Bonchev–Trinajstić information content (AvgIpc) is 2.83. The van der Waals surface area contributed by atoms with Crippen molar-refractivity contribution in [3.8, 4) is 0 Å². The molecule has 0 unspecified atom stereocenters. The lowest BCUT2D eigenvalue weighted by molar-refractivity contribution is -0.134. The first-order chi connectivity index (χ1) is 7.96. The zero-order valence-electron chi connectivity index (χ0n) is 10.1. The minimum atomic E-state index is -3.41. The Bertz CT molecular complexity index is 386. The summed E-state index contributed by atoms with van der Waals surface area (Å²) in [7, 11) is -3.41. The molecule has 1 saturated heterocycles. The van der Waals surface area contributed by atoms with Crippen LogP contribution in [0.2, 0.25) is 0 Å². The summed E-state index contributed by atoms with van der Waals surface area (Å²) in [6.07, 6.45) is 5.54. The number of hydrogen-bond donors (Lipinski definition) is 0. The molecule has 6 heteroatoms. The van der Waals surface area contributed by atoms with Crippen molar-refractivity contribution in [1.29, 1.82) is 0 Å². The normalized spacial score (nSPS) is 26.6. The Morgan fingerprint density at radius 1 is 1.24 bits per heavy atom. The average molecular weight is 261 g/mol. The summed E-state index contributed by atoms with van der Waals surface area (Å²) in [5, 5.41) is 0. The molecule has 1 saturated carbocycles. The van der Waals surface area contributed by atoms with Gasteiger partial charge in [0.05, 0.1) is 12.4 Å². The fraction of sp³-hybridized carbons (Fsp3) is 0.909. The standard InChI is InChI=1S/C11H19NO4S/c1-17(14,15)16-10-6-7-12(8-10)11(13)9-4-2-3-5-9/h9-10H,2-8H2,1H3/t10-/m0/s1. The van der Waals surface area contributed by atoms with Gasteiger partial charge >= 0.3 is 0 Å². The van der Waals surface area contributed by atoms with Crippen LogP contribution in [0.1, 0.15) is 32.1 Å². The topological polar surface area (TPSA) is 63.7 Å². The lowest BCUT2D eigenvalue weighted by atomic mass is 10.1. The van der Waals surface area contributed by atoms with Gasteiger partial charge in [0, 0.05) is 19.0 Å². The molecule has 0 N–H and O–H groups in total. The van der Waals surface area contributed by atoms with Crippen molar-refractivity contribution in [2.45, 2.75) is 38.2 Å². The van der Waals surface area contributed by atoms with Gasteiger partial charge in [-0.05, 0) is 19.3 Å². The van der Waals surface area contributed by atoms with Crippen molar-refractivity contribution in [2.24, 2.45) is 5.92 Å². The van der Waals surface area contributed by atoms with Gasteiger partial charge in [-0.15, -0.1) is 0 Å². The van der Waals surface area contributed by atoms with Crippen molar-refractivity contribution in [3.63, 3.8) is 0 Å². The number of carbonyl (C=O) groups is 1. The summed E-state index contributed by atoms with van der Waals surface area (Å²) in [4.78, 5) is 13.8. The Kier molecular flexibility index (Phi) is 3.73. The summed E-state index contributed by atoms with van der Waals surface area (Å²) in [5.74, 6) is 0.342. The van der Waals surface area contributed by atoms with Crippen molar-refractivity contribution in [2.75, 3.05) is 19.3 Å². The van der Waals surface area contributed by atoms with E-state index < -0.39 is 10.1 Å². The van der Waals surface area contributed by atoms with Crippen LogP contribution < -0.4 is 0 Å². The molecule has 1 aliphatic carbocycles. The molecule has 1 atom stereocenters. The predicted molar refractivity (Wildman–Crippen MR) is 62.9 cm³/mol. The second-order valence-electron chi connectivity index (χ2n) is 4.98. The van der Waals surface area contributed by atoms with Gasteiger partial charge in [-0.3, -0.25) is 8.98 Å². The van der Waals surface area contributed by atoms with Gasteiger partial charge < -0.3 is 4.90 Å². The van der Waals surface area contributed by atoms with Crippen LogP contribution in [0.15, 0.2) is 0 Å². The second-order valence-corrected chi connectivity index (χ2v) is 6.58. The van der Waals surface area contributed by atoms with E-state index >= 15 is 0 Å². The maximum Gasteiger partial charge on any atom is 0.264 e. The lowest BCUT2D eigenvalue weighted by Gasteiger charge is -2.20. The highest BCUT2D eigenvalue weighted by atomic mass is 32.2. The molecule has 0 radical (unpaired) electrons. The van der Waals surface area contributed by atoms with E-state index in [-0.39, 0.29) is 17.9 Å². The number of likely N-dealkylation sites (tertiary alicyclic amines) is 1. The monoisotopic (exact) mass is 261 g/mol. The number of nitrogens with zero attached hydrogens (tertiary/aromatic N) is 1. The second kappa shape index (κ2) is 4.94. The number of rotatable bonds is 3. The van der Waals surface area contributed by atoms with Gasteiger partial charge in [0.2, 0.25) is 5.91 Å². The van der Waals surface area contributed by atoms with E-state index in [1.807, 2.05) is 0 Å². The molecule has 2 rings (SSSR count). The Labute approximate surface area is 102 Å². The molecule has 0 aromatic rings. The summed E-state index contributed by atoms with van der Waals surface area (Å²) < 4.78 is 26.9. The molecule has 2 aliphatic rings. The van der Waals surface area contributed by atoms with Crippen LogP contribution in [0.4, 0.5) is 0 Å². The predicted octanol–water partition coefficient (Wildman–Crippen LogP) is 0.754. The Morgan fingerprint density at radius 2 is 1.88 bits per heavy atom. The molecule has 1 amide bonds. The first kappa shape index (κ1) is 12.8. The SMILES string of the molecule is CS(=O)(=O)O[C@H]1CCN(C(=O)C2CCCC2)C1. The molecule has 2 fully saturated rings. The van der Waals surface area contributed by atoms with Gasteiger partial charge in [-0.1, -0.05) is 12.8 Å². The van der Waals surface area contributed by atoms with Crippen LogP contribution in [0.3, 0.4) is 0 Å². The van der Waals surface area contributed by atoms with Crippen molar-refractivity contribution in [3.05, 3.63) is 0 Å². The third-order valence-electron chi connectivity index (χ3n) is 3.47. The Morgan fingerprint density at radius 3 is 2.47 bits per heavy atom. The molecule has 0 bridgehead atoms. The van der Waals surface area contributed by atoms with Crippen LogP contribution in [-0.4, -0.2) is 44.7 Å². The van der Waals surface area contributed by atoms with Crippen LogP contribution in [-0.2, 0) is 19.1 Å². The highest BCUT2D eigenvalue weighted by Gasteiger charge is 2.33. The van der Waals surface area contributed by atoms with E-state index in [0.717, 1.165) is 31.9 Å². The van der Waals surface area contributed by atoms with Crippen LogP contribution in [0.5, 0.6) is 0 Å². The third-order valence-corrected chi connectivity index (χ3v) is 4.09. The fourth-order valence-corrected chi connectivity index (χ4v) is 3.34. The minimum absolute atomic E-state index is 0.159. The maximum atomic E-state index is 12.1. The van der Waals surface area contributed by atoms with Crippen LogP contribution in [0.25, 0.3) is 0 Å². The van der Waals surface area contributed by atoms with Crippen molar-refractivity contribution < 1.29 is 17.4 Å². The minimum Gasteiger partial charge on any atom is -0.340 e. The Hall–Kier alpha value is -0.620. The van der Waals surface area contributed by atoms with Crippen LogP contribution in [0, 0.1) is 5.92 Å². The summed E-state index contributed by atoms with van der Waals surface area (Å²) >= 11 is 0. The first-order valence-electron chi connectivity index (χ1n) is 6.13. The quantitative estimate of drug-likeness (QED) is 0.703.